The van der Waals surface area contributed by atoms with Gasteiger partial charge in [0.2, 0.25) is 0 Å². The minimum Gasteiger partial charge on any atom is -0.398 e. The maximum atomic E-state index is 7.95. The molecule has 0 amide bonds. The molecule has 34 valence electrons. The van der Waals surface area contributed by atoms with Crippen LogP contribution >= 0.6 is 11.6 Å². The van der Waals surface area contributed by atoms with E-state index in [1.165, 1.54) is 0 Å². The average molecular weight is 361 g/mol. The molecule has 0 fully saturated rings. The van der Waals surface area contributed by atoms with Crippen molar-refractivity contribution in [3.63, 3.8) is 0 Å². The monoisotopic (exact) mass is 360 g/mol. The van der Waals surface area contributed by atoms with Crippen molar-refractivity contribution in [3.8, 4) is 0 Å². The van der Waals surface area contributed by atoms with Crippen LogP contribution < -0.4 is 0 Å². The first-order valence-electron chi connectivity index (χ1n) is 1.35. The summed E-state index contributed by atoms with van der Waals surface area (Å²) in [5.74, 6) is 0. The summed E-state index contributed by atoms with van der Waals surface area (Å²) in [7, 11) is 0. The van der Waals surface area contributed by atoms with E-state index in [1.54, 1.807) is 0 Å². The number of hydrogen-bond acceptors (Lipinski definition) is 1. The van der Waals surface area contributed by atoms with Crippen LogP contribution in [0.2, 0.25) is 0 Å². The van der Waals surface area contributed by atoms with Gasteiger partial charge in [-0.2, -0.15) is 11.6 Å². The van der Waals surface area contributed by atoms with Crippen molar-refractivity contribution in [2.75, 3.05) is 6.61 Å². The molecule has 0 saturated heterocycles. The molecule has 0 aromatic carbocycles. The van der Waals surface area contributed by atoms with Crippen LogP contribution in [0.1, 0.15) is 0 Å². The first-order valence-corrected chi connectivity index (χ1v) is 1.79. The molecule has 0 heterocycles. The predicted octanol–water partition coefficient (Wildman–Crippen LogP) is 0.420. The Morgan fingerprint density at radius 3 is 2.00 bits per heavy atom. The van der Waals surface area contributed by atoms with Crippen molar-refractivity contribution >= 4 is 11.6 Å². The molecule has 0 saturated carbocycles. The van der Waals surface area contributed by atoms with Crippen LogP contribution in [0.5, 0.6) is 0 Å². The van der Waals surface area contributed by atoms with Gasteiger partial charge >= 0.3 is 0 Å². The van der Waals surface area contributed by atoms with Crippen molar-refractivity contribution in [2.45, 2.75) is 5.38 Å². The zero-order chi connectivity index (χ0) is 4.28. The number of halogens is 1. The van der Waals surface area contributed by atoms with Gasteiger partial charge in [-0.3, -0.25) is 0 Å². The summed E-state index contributed by atoms with van der Waals surface area (Å²) in [6.45, 7) is 3.23. The fourth-order valence-electron chi connectivity index (χ4n) is 0. The van der Waals surface area contributed by atoms with Gasteiger partial charge in [0.05, 0.1) is 0 Å². The minimum absolute atomic E-state index is 0. The Bertz CT molecular complexity index is 24.8. The van der Waals surface area contributed by atoms with Gasteiger partial charge in [0.25, 0.3) is 0 Å². The molecule has 1 atom stereocenters. The maximum Gasteiger partial charge on any atom is 0.0316 e. The molecular formula is C3H6ClORf-. The Labute approximate surface area is 36.6 Å². The minimum atomic E-state index is -0.338. The molecule has 0 aliphatic rings. The molecule has 0 aromatic heterocycles. The van der Waals surface area contributed by atoms with Gasteiger partial charge in [-0.15, -0.1) is 0 Å². The fourth-order valence-corrected chi connectivity index (χ4v) is 0. The van der Waals surface area contributed by atoms with Crippen molar-refractivity contribution in [3.05, 3.63) is 6.92 Å². The fraction of sp³-hybridized carbons (Fsp3) is 0.667. The average Bonchev–Trinajstić information content (AvgIpc) is 1.38. The standard InChI is InChI=1S/C3H6ClO.Rf/c1-3(4)2-5;/h3,5H,1-2H2;/q-1;. The van der Waals surface area contributed by atoms with Crippen LogP contribution in [0.15, 0.2) is 0 Å². The largest absolute Gasteiger partial charge is 0.398 e. The van der Waals surface area contributed by atoms with Crippen LogP contribution in [0.4, 0.5) is 0 Å². The third-order valence-electron chi connectivity index (χ3n) is 0.198. The van der Waals surface area contributed by atoms with Crippen LogP contribution in [-0.4, -0.2) is 17.1 Å². The van der Waals surface area contributed by atoms with Crippen LogP contribution in [-0.2, 0) is 0 Å². The van der Waals surface area contributed by atoms with Gasteiger partial charge < -0.3 is 12.0 Å². The number of alkyl halides is 1. The molecule has 6 heavy (non-hydrogen) atoms. The third kappa shape index (κ3) is 10.5. The van der Waals surface area contributed by atoms with E-state index in [0.717, 1.165) is 0 Å². The van der Waals surface area contributed by atoms with E-state index in [-0.39, 0.29) is 12.0 Å². The van der Waals surface area contributed by atoms with Gasteiger partial charge in [0.15, 0.2) is 0 Å². The summed E-state index contributed by atoms with van der Waals surface area (Å²) in [4.78, 5) is 0. The molecule has 1 N–H and O–H groups in total. The van der Waals surface area contributed by atoms with E-state index in [9.17, 15) is 0 Å². The van der Waals surface area contributed by atoms with E-state index < -0.39 is 0 Å². The van der Waals surface area contributed by atoms with Crippen LogP contribution in [0.3, 0.4) is 0 Å². The smallest absolute Gasteiger partial charge is 0.0316 e. The van der Waals surface area contributed by atoms with Crippen LogP contribution in [0, 0.1) is 6.92 Å². The second-order valence-corrected chi connectivity index (χ2v) is 1.40. The first kappa shape index (κ1) is 8.98. The molecule has 0 bridgehead atoms. The number of hydrogen-bond donors (Lipinski definition) is 1. The summed E-state index contributed by atoms with van der Waals surface area (Å²) >= 11 is 5.10. The van der Waals surface area contributed by atoms with Gasteiger partial charge in [-0.25, -0.2) is 0 Å². The molecule has 1 nitrogen and oxygen atoms in total. The Balaban J connectivity index is 0. The molecule has 0 aliphatic heterocycles. The predicted molar refractivity (Wildman–Crippen MR) is 22.1 cm³/mol. The molecular weight excluding hydrogens is 354 g/mol. The molecule has 0 aromatic rings. The number of aliphatic hydroxyl groups excluding tert-OH is 1. The SMILES string of the molecule is [CH2-]C(Cl)CO.[Rf]. The Kier molecular flexibility index (Phi) is 6.36. The second-order valence-electron chi connectivity index (χ2n) is 0.780. The topological polar surface area (TPSA) is 20.2 Å². The van der Waals surface area contributed by atoms with E-state index in [0.29, 0.717) is 0 Å². The Morgan fingerprint density at radius 2 is 2.00 bits per heavy atom. The van der Waals surface area contributed by atoms with Crippen molar-refractivity contribution in [2.24, 2.45) is 0 Å². The van der Waals surface area contributed by atoms with E-state index in [1.807, 2.05) is 0 Å². The van der Waals surface area contributed by atoms with E-state index in [4.69, 9.17) is 16.7 Å². The van der Waals surface area contributed by atoms with Gasteiger partial charge in [0, 0.05) is 6.61 Å². The summed E-state index contributed by atoms with van der Waals surface area (Å²) < 4.78 is 0. The summed E-state index contributed by atoms with van der Waals surface area (Å²) in [5, 5.41) is 7.61. The second kappa shape index (κ2) is 4.25. The van der Waals surface area contributed by atoms with Gasteiger partial charge in [0.1, 0.15) is 0 Å². The van der Waals surface area contributed by atoms with Crippen molar-refractivity contribution in [1.82, 2.24) is 0 Å². The normalized spacial score (nSPS) is 12.5. The molecule has 0 spiro atoms. The van der Waals surface area contributed by atoms with E-state index >= 15 is 0 Å². The third-order valence-corrected chi connectivity index (χ3v) is 0.336. The van der Waals surface area contributed by atoms with Crippen LogP contribution in [0.25, 0.3) is 0 Å². The molecule has 3 heteroatoms. The van der Waals surface area contributed by atoms with Crippen molar-refractivity contribution in [1.29, 1.82) is 0 Å². The zero-order valence-corrected chi connectivity index (χ0v) is 10.7. The summed E-state index contributed by atoms with van der Waals surface area (Å²) in [5.41, 5.74) is 0. The van der Waals surface area contributed by atoms with Gasteiger partial charge in [-0.1, -0.05) is 5.38 Å². The summed E-state index contributed by atoms with van der Waals surface area (Å²) in [6, 6.07) is 0. The Morgan fingerprint density at radius 1 is 1.83 bits per heavy atom. The zero-order valence-electron chi connectivity index (χ0n) is 3.52. The maximum absolute atomic E-state index is 7.95. The molecule has 0 aliphatic carbocycles. The van der Waals surface area contributed by atoms with Crippen molar-refractivity contribution < 1.29 is 5.11 Å². The molecule has 1 unspecified atom stereocenters. The van der Waals surface area contributed by atoms with Gasteiger partial charge in [-0.05, 0) is 0 Å². The first-order chi connectivity index (χ1) is 2.27. The van der Waals surface area contributed by atoms with E-state index in [2.05, 4.69) is 6.92 Å². The number of aliphatic hydroxyl groups is 1. The molecule has 0 radical (unpaired) electrons. The Hall–Kier alpha value is -0.750. The summed E-state index contributed by atoms with van der Waals surface area (Å²) in [6.07, 6.45) is 0. The quantitative estimate of drug-likeness (QED) is 0.531. The molecule has 0 rings (SSSR count). The number of rotatable bonds is 1.